The predicted octanol–water partition coefficient (Wildman–Crippen LogP) is 4.95. The van der Waals surface area contributed by atoms with Gasteiger partial charge in [-0.3, -0.25) is 9.59 Å². The van der Waals surface area contributed by atoms with E-state index in [9.17, 15) is 19.5 Å². The fourth-order valence-corrected chi connectivity index (χ4v) is 4.69. The van der Waals surface area contributed by atoms with E-state index in [-0.39, 0.29) is 27.6 Å². The van der Waals surface area contributed by atoms with Gasteiger partial charge in [0.15, 0.2) is 0 Å². The summed E-state index contributed by atoms with van der Waals surface area (Å²) in [4.78, 5) is 37.7. The largest absolute Gasteiger partial charge is 0.495 e. The molecule has 4 aromatic rings. The van der Waals surface area contributed by atoms with Crippen LogP contribution in [0, 0.1) is 0 Å². The van der Waals surface area contributed by atoms with E-state index >= 15 is 0 Å². The van der Waals surface area contributed by atoms with Crippen LogP contribution in [0.3, 0.4) is 0 Å². The van der Waals surface area contributed by atoms with E-state index in [4.69, 9.17) is 27.9 Å². The van der Waals surface area contributed by atoms with Crippen molar-refractivity contribution in [2.45, 2.75) is 12.5 Å². The van der Waals surface area contributed by atoms with Crippen LogP contribution in [0.5, 0.6) is 5.75 Å². The number of para-hydroxylation sites is 1. The summed E-state index contributed by atoms with van der Waals surface area (Å²) in [5.41, 5.74) is 2.22. The summed E-state index contributed by atoms with van der Waals surface area (Å²) < 4.78 is 7.19. The summed E-state index contributed by atoms with van der Waals surface area (Å²) in [6, 6.07) is 17.7. The third-order valence-electron chi connectivity index (χ3n) is 5.94. The number of ether oxygens (including phenoxy) is 1. The fourth-order valence-electron chi connectivity index (χ4n) is 4.12. The van der Waals surface area contributed by atoms with Crippen LogP contribution >= 0.6 is 23.2 Å². The lowest BCUT2D eigenvalue weighted by atomic mass is 9.99. The third kappa shape index (κ3) is 4.80. The number of hydrogen-bond acceptors (Lipinski definition) is 4. The number of hydrogen-bond donors (Lipinski definition) is 2. The van der Waals surface area contributed by atoms with E-state index in [0.717, 1.165) is 10.9 Å². The number of pyridine rings is 1. The molecule has 184 valence electrons. The number of aryl methyl sites for hydroxylation is 1. The molecule has 9 heteroatoms. The second-order valence-corrected chi connectivity index (χ2v) is 8.97. The van der Waals surface area contributed by atoms with Gasteiger partial charge >= 0.3 is 5.97 Å². The van der Waals surface area contributed by atoms with Crippen LogP contribution in [0.25, 0.3) is 22.0 Å². The lowest BCUT2D eigenvalue weighted by molar-refractivity contribution is -0.139. The Labute approximate surface area is 216 Å². The average Bonchev–Trinajstić information content (AvgIpc) is 2.86. The molecule has 1 aromatic heterocycles. The quantitative estimate of drug-likeness (QED) is 0.356. The molecule has 3 aromatic carbocycles. The smallest absolute Gasteiger partial charge is 0.326 e. The maximum atomic E-state index is 13.2. The highest BCUT2D eigenvalue weighted by atomic mass is 35.5. The number of carboxylic acids is 1. The number of amides is 1. The van der Waals surface area contributed by atoms with Gasteiger partial charge in [0.05, 0.1) is 33.8 Å². The number of benzene rings is 3. The molecule has 7 nitrogen and oxygen atoms in total. The van der Waals surface area contributed by atoms with Gasteiger partial charge in [0.2, 0.25) is 0 Å². The Morgan fingerprint density at radius 3 is 2.25 bits per heavy atom. The number of fused-ring (bicyclic) bond motifs is 1. The second kappa shape index (κ2) is 10.4. The molecule has 0 fully saturated rings. The van der Waals surface area contributed by atoms with Crippen molar-refractivity contribution in [1.82, 2.24) is 9.88 Å². The standard InChI is InChI=1S/C27H22Cl2N2O5/c1-31-21-9-4-3-6-17(21)24(36-2)22(26(31)33)16-12-10-15(11-13-16)14-20(27(34)35)30-25(32)23-18(28)7-5-8-19(23)29/h3-13,20H,14H2,1-2H3,(H,30,32)(H,34,35)/t20-/m0/s1. The van der Waals surface area contributed by atoms with E-state index in [1.165, 1.54) is 19.2 Å². The van der Waals surface area contributed by atoms with Crippen molar-refractivity contribution in [3.05, 3.63) is 98.3 Å². The highest BCUT2D eigenvalue weighted by molar-refractivity contribution is 6.39. The zero-order valence-corrected chi connectivity index (χ0v) is 20.9. The van der Waals surface area contributed by atoms with Crippen LogP contribution in [-0.4, -0.2) is 34.7 Å². The number of nitrogens with one attached hydrogen (secondary N) is 1. The number of carbonyl (C=O) groups is 2. The molecule has 0 saturated carbocycles. The first-order valence-corrected chi connectivity index (χ1v) is 11.7. The van der Waals surface area contributed by atoms with E-state index in [0.29, 0.717) is 22.4 Å². The first-order chi connectivity index (χ1) is 17.2. The number of halogens is 2. The predicted molar refractivity (Wildman–Crippen MR) is 140 cm³/mol. The Bertz CT molecular complexity index is 1510. The van der Waals surface area contributed by atoms with E-state index in [1.54, 1.807) is 41.9 Å². The SMILES string of the molecule is COc1c(-c2ccc(C[C@H](NC(=O)c3c(Cl)cccc3Cl)C(=O)O)cc2)c(=O)n(C)c2ccccc12. The molecule has 36 heavy (non-hydrogen) atoms. The van der Waals surface area contributed by atoms with Gasteiger partial charge in [0.1, 0.15) is 11.8 Å². The Kier molecular flexibility index (Phi) is 7.33. The Morgan fingerprint density at radius 1 is 1.00 bits per heavy atom. The fraction of sp³-hybridized carbons (Fsp3) is 0.148. The number of rotatable bonds is 7. The molecule has 0 saturated heterocycles. The van der Waals surface area contributed by atoms with Crippen molar-refractivity contribution in [2.24, 2.45) is 7.05 Å². The summed E-state index contributed by atoms with van der Waals surface area (Å²) in [5, 5.41) is 13.2. The lowest BCUT2D eigenvalue weighted by Gasteiger charge is -2.17. The molecule has 1 atom stereocenters. The van der Waals surface area contributed by atoms with Crippen LogP contribution < -0.4 is 15.6 Å². The third-order valence-corrected chi connectivity index (χ3v) is 6.57. The zero-order valence-electron chi connectivity index (χ0n) is 19.4. The minimum atomic E-state index is -1.22. The Morgan fingerprint density at radius 2 is 1.64 bits per heavy atom. The van der Waals surface area contributed by atoms with Gasteiger partial charge in [0, 0.05) is 18.9 Å². The van der Waals surface area contributed by atoms with Crippen molar-refractivity contribution in [1.29, 1.82) is 0 Å². The minimum absolute atomic E-state index is 0.0102. The highest BCUT2D eigenvalue weighted by Crippen LogP contribution is 2.34. The first kappa shape index (κ1) is 25.3. The van der Waals surface area contributed by atoms with Gasteiger partial charge in [-0.25, -0.2) is 4.79 Å². The Hall–Kier alpha value is -3.81. The average molecular weight is 525 g/mol. The molecular formula is C27H22Cl2N2O5. The normalized spacial score (nSPS) is 11.8. The summed E-state index contributed by atoms with van der Waals surface area (Å²) in [7, 11) is 3.22. The zero-order chi connectivity index (χ0) is 26.0. The Balaban J connectivity index is 1.63. The summed E-state index contributed by atoms with van der Waals surface area (Å²) >= 11 is 12.2. The van der Waals surface area contributed by atoms with Crippen LogP contribution in [0.4, 0.5) is 0 Å². The summed E-state index contributed by atoms with van der Waals surface area (Å²) in [5.74, 6) is -1.42. The molecular weight excluding hydrogens is 503 g/mol. The van der Waals surface area contributed by atoms with Crippen LogP contribution in [0.1, 0.15) is 15.9 Å². The molecule has 1 amide bonds. The number of aliphatic carboxylic acids is 1. The van der Waals surface area contributed by atoms with E-state index in [2.05, 4.69) is 5.32 Å². The molecule has 2 N–H and O–H groups in total. The molecule has 0 unspecified atom stereocenters. The lowest BCUT2D eigenvalue weighted by Crippen LogP contribution is -2.42. The molecule has 0 aliphatic heterocycles. The molecule has 1 heterocycles. The molecule has 0 spiro atoms. The molecule has 0 aliphatic carbocycles. The number of aromatic nitrogens is 1. The summed E-state index contributed by atoms with van der Waals surface area (Å²) in [6.45, 7) is 0. The molecule has 0 radical (unpaired) electrons. The summed E-state index contributed by atoms with van der Waals surface area (Å²) in [6.07, 6.45) is 0.0102. The van der Waals surface area contributed by atoms with Crippen molar-refractivity contribution in [3.63, 3.8) is 0 Å². The van der Waals surface area contributed by atoms with Crippen molar-refractivity contribution in [2.75, 3.05) is 7.11 Å². The van der Waals surface area contributed by atoms with Gasteiger partial charge in [-0.1, -0.05) is 65.7 Å². The van der Waals surface area contributed by atoms with E-state index in [1.807, 2.05) is 24.3 Å². The van der Waals surface area contributed by atoms with Gasteiger partial charge < -0.3 is 19.7 Å². The van der Waals surface area contributed by atoms with Crippen molar-refractivity contribution >= 4 is 46.0 Å². The minimum Gasteiger partial charge on any atom is -0.495 e. The van der Waals surface area contributed by atoms with Crippen LogP contribution in [0.2, 0.25) is 10.0 Å². The van der Waals surface area contributed by atoms with Crippen molar-refractivity contribution < 1.29 is 19.4 Å². The topological polar surface area (TPSA) is 97.6 Å². The molecule has 4 rings (SSSR count). The number of nitrogens with zero attached hydrogens (tertiary/aromatic N) is 1. The number of carbonyl (C=O) groups excluding carboxylic acids is 1. The first-order valence-electron chi connectivity index (χ1n) is 11.0. The van der Waals surface area contributed by atoms with Crippen molar-refractivity contribution in [3.8, 4) is 16.9 Å². The maximum Gasteiger partial charge on any atom is 0.326 e. The van der Waals surface area contributed by atoms with E-state index < -0.39 is 17.9 Å². The van der Waals surface area contributed by atoms with Gasteiger partial charge in [-0.05, 0) is 35.4 Å². The van der Waals surface area contributed by atoms with Crippen LogP contribution in [-0.2, 0) is 18.3 Å². The monoisotopic (exact) mass is 524 g/mol. The van der Waals surface area contributed by atoms with Gasteiger partial charge in [-0.15, -0.1) is 0 Å². The van der Waals surface area contributed by atoms with Gasteiger partial charge in [-0.2, -0.15) is 0 Å². The second-order valence-electron chi connectivity index (χ2n) is 8.15. The number of methoxy groups -OCH3 is 1. The molecule has 0 aliphatic rings. The van der Waals surface area contributed by atoms with Crippen LogP contribution in [0.15, 0.2) is 71.5 Å². The molecule has 0 bridgehead atoms. The van der Waals surface area contributed by atoms with Gasteiger partial charge in [0.25, 0.3) is 11.5 Å². The number of carboxylic acid groups (broad SMARTS) is 1. The highest BCUT2D eigenvalue weighted by Gasteiger charge is 2.24. The maximum absolute atomic E-state index is 13.2.